The molecule has 1 saturated heterocycles. The Hall–Kier alpha value is -2.91. The van der Waals surface area contributed by atoms with Crippen LogP contribution in [0.2, 0.25) is 10.0 Å². The van der Waals surface area contributed by atoms with Gasteiger partial charge in [-0.1, -0.05) is 23.2 Å². The molecule has 164 valence electrons. The average molecular weight is 474 g/mol. The first kappa shape index (κ1) is 19.8. The first-order valence-corrected chi connectivity index (χ1v) is 10.5. The summed E-state index contributed by atoms with van der Waals surface area (Å²) < 4.78 is 7.03. The van der Waals surface area contributed by atoms with Crippen LogP contribution in [0.25, 0.3) is 33.2 Å². The van der Waals surface area contributed by atoms with Gasteiger partial charge in [-0.3, -0.25) is 9.36 Å². The summed E-state index contributed by atoms with van der Waals surface area (Å²) in [6, 6.07) is 8.00. The number of amides is 1. The van der Waals surface area contributed by atoms with E-state index in [1.807, 2.05) is 0 Å². The molecule has 2 aromatic carbocycles. The van der Waals surface area contributed by atoms with E-state index in [0.717, 1.165) is 0 Å². The molecule has 4 aromatic rings. The van der Waals surface area contributed by atoms with Crippen molar-refractivity contribution < 1.29 is 24.9 Å². The maximum atomic E-state index is 13.4. The number of phenolic OH excluding ortho intramolecular Hbond substituents is 1. The van der Waals surface area contributed by atoms with Crippen LogP contribution in [0.1, 0.15) is 5.56 Å². The molecule has 1 amide bonds. The van der Waals surface area contributed by atoms with E-state index < -0.39 is 17.2 Å². The molecule has 0 unspecified atom stereocenters. The Bertz CT molecular complexity index is 1510. The highest BCUT2D eigenvalue weighted by Crippen LogP contribution is 2.59. The predicted octanol–water partition coefficient (Wildman–Crippen LogP) is 3.13. The second-order valence-corrected chi connectivity index (χ2v) is 9.14. The van der Waals surface area contributed by atoms with Gasteiger partial charge in [0.05, 0.1) is 29.9 Å². The third-order valence-corrected chi connectivity index (χ3v) is 7.15. The number of H-pyrrole nitrogens is 1. The van der Waals surface area contributed by atoms with Crippen molar-refractivity contribution in [3.63, 3.8) is 0 Å². The minimum Gasteiger partial charge on any atom is -0.506 e. The molecule has 0 radical (unpaired) electrons. The van der Waals surface area contributed by atoms with E-state index in [1.54, 1.807) is 18.2 Å². The number of rotatable bonds is 1. The van der Waals surface area contributed by atoms with Gasteiger partial charge in [-0.15, -0.1) is 0 Å². The SMILES string of the molecule is COc1c2n(c3cc(Cl)c(O)cc13)[C@]1(O)C(=O)N(C)C[C@]1(O)c1c-2[nH]c2ccc(Cl)cc12. The number of phenols is 1. The lowest BCUT2D eigenvalue weighted by molar-refractivity contribution is -0.189. The molecular weight excluding hydrogens is 457 g/mol. The van der Waals surface area contributed by atoms with Gasteiger partial charge in [0.15, 0.2) is 11.4 Å². The number of methoxy groups -OCH3 is 1. The van der Waals surface area contributed by atoms with Gasteiger partial charge in [-0.2, -0.15) is 0 Å². The molecule has 0 spiro atoms. The fourth-order valence-corrected chi connectivity index (χ4v) is 5.64. The van der Waals surface area contributed by atoms with E-state index in [4.69, 9.17) is 27.9 Å². The van der Waals surface area contributed by atoms with Crippen molar-refractivity contribution in [1.29, 1.82) is 0 Å². The van der Waals surface area contributed by atoms with E-state index in [0.29, 0.717) is 49.5 Å². The van der Waals surface area contributed by atoms with Crippen LogP contribution in [0.4, 0.5) is 0 Å². The van der Waals surface area contributed by atoms with Crippen LogP contribution in [0, 0.1) is 0 Å². The van der Waals surface area contributed by atoms with Crippen molar-refractivity contribution in [3.05, 3.63) is 45.9 Å². The Balaban J connectivity index is 1.90. The number of aromatic amines is 1. The Morgan fingerprint density at radius 3 is 2.62 bits per heavy atom. The molecule has 2 aliphatic rings. The number of nitrogens with zero attached hydrogens (tertiary/aromatic N) is 2. The first-order chi connectivity index (χ1) is 15.1. The maximum Gasteiger partial charge on any atom is 0.279 e. The molecule has 2 atom stereocenters. The van der Waals surface area contributed by atoms with Crippen molar-refractivity contribution in [2.45, 2.75) is 11.3 Å². The summed E-state index contributed by atoms with van der Waals surface area (Å²) in [4.78, 5) is 18.0. The lowest BCUT2D eigenvalue weighted by atomic mass is 9.80. The molecule has 6 rings (SSSR count). The van der Waals surface area contributed by atoms with Gasteiger partial charge in [-0.25, -0.2) is 0 Å². The van der Waals surface area contributed by atoms with E-state index in [2.05, 4.69) is 4.98 Å². The van der Waals surface area contributed by atoms with E-state index >= 15 is 0 Å². The number of benzene rings is 2. The number of nitrogens with one attached hydrogen (secondary N) is 1. The molecule has 32 heavy (non-hydrogen) atoms. The number of carbonyl (C=O) groups excluding carboxylic acids is 1. The normalized spacial score (nSPS) is 24.2. The number of aromatic hydroxyl groups is 1. The van der Waals surface area contributed by atoms with Crippen molar-refractivity contribution in [2.24, 2.45) is 0 Å². The molecule has 4 N–H and O–H groups in total. The second kappa shape index (κ2) is 5.90. The number of fused-ring (bicyclic) bond motifs is 10. The standard InChI is InChI=1S/C22H17Cl2N3O5/c1-26-8-21(30)16-10-5-9(23)3-4-13(10)25-17(16)18-19(32-2)11-6-15(28)12(24)7-14(11)27(18)22(21,31)20(26)29/h3-7,25,28,30-31H,8H2,1-2H3/t21-,22-/m0/s1. The van der Waals surface area contributed by atoms with Gasteiger partial charge in [0.25, 0.3) is 11.6 Å². The summed E-state index contributed by atoms with van der Waals surface area (Å²) in [5, 5.41) is 35.8. The largest absolute Gasteiger partial charge is 0.506 e. The number of β-amino-alcohol motifs (C(OH)–C–C–N with tert-alkyl or cyclic N) is 1. The summed E-state index contributed by atoms with van der Waals surface area (Å²) >= 11 is 12.4. The number of ether oxygens (including phenoxy) is 1. The molecule has 2 aromatic heterocycles. The molecule has 2 aliphatic heterocycles. The molecule has 1 fully saturated rings. The van der Waals surface area contributed by atoms with Gasteiger partial charge in [0, 0.05) is 33.9 Å². The monoisotopic (exact) mass is 473 g/mol. The van der Waals surface area contributed by atoms with E-state index in [1.165, 1.54) is 35.8 Å². The highest BCUT2D eigenvalue weighted by Gasteiger charge is 2.69. The van der Waals surface area contributed by atoms with Crippen LogP contribution in [-0.4, -0.2) is 56.4 Å². The predicted molar refractivity (Wildman–Crippen MR) is 119 cm³/mol. The number of aromatic nitrogens is 2. The molecule has 0 saturated carbocycles. The molecule has 0 aliphatic carbocycles. The zero-order valence-electron chi connectivity index (χ0n) is 16.9. The molecule has 4 heterocycles. The van der Waals surface area contributed by atoms with Gasteiger partial charge >= 0.3 is 0 Å². The molecule has 8 nitrogen and oxygen atoms in total. The number of likely N-dealkylation sites (N-methyl/N-ethyl adjacent to an activating group) is 1. The fraction of sp³-hybridized carbons (Fsp3) is 0.227. The number of hydrogen-bond acceptors (Lipinski definition) is 5. The third kappa shape index (κ3) is 2.00. The second-order valence-electron chi connectivity index (χ2n) is 8.30. The number of halogens is 2. The van der Waals surface area contributed by atoms with E-state index in [9.17, 15) is 20.1 Å². The Morgan fingerprint density at radius 1 is 1.16 bits per heavy atom. The van der Waals surface area contributed by atoms with Crippen LogP contribution in [0.5, 0.6) is 11.5 Å². The summed E-state index contributed by atoms with van der Waals surface area (Å²) in [5.74, 6) is -0.558. The zero-order chi connectivity index (χ0) is 22.7. The molecule has 0 bridgehead atoms. The van der Waals surface area contributed by atoms with Crippen molar-refractivity contribution in [1.82, 2.24) is 14.5 Å². The van der Waals surface area contributed by atoms with Crippen LogP contribution < -0.4 is 4.74 Å². The van der Waals surface area contributed by atoms with Crippen LogP contribution in [0.3, 0.4) is 0 Å². The summed E-state index contributed by atoms with van der Waals surface area (Å²) in [6.07, 6.45) is 0. The number of likely N-dealkylation sites (tertiary alicyclic amines) is 1. The summed E-state index contributed by atoms with van der Waals surface area (Å²) in [5.41, 5.74) is -2.24. The van der Waals surface area contributed by atoms with Crippen molar-refractivity contribution >= 4 is 50.9 Å². The number of hydrogen-bond donors (Lipinski definition) is 4. The quantitative estimate of drug-likeness (QED) is 0.339. The van der Waals surface area contributed by atoms with Gasteiger partial charge in [0.2, 0.25) is 0 Å². The van der Waals surface area contributed by atoms with Gasteiger partial charge in [-0.05, 0) is 30.3 Å². The Labute approximate surface area is 191 Å². The number of carbonyl (C=O) groups is 1. The van der Waals surface area contributed by atoms with Gasteiger partial charge < -0.3 is 29.9 Å². The topological polar surface area (TPSA) is 111 Å². The average Bonchev–Trinajstić information content (AvgIpc) is 3.32. The Kier molecular flexibility index (Phi) is 3.64. The molecule has 10 heteroatoms. The van der Waals surface area contributed by atoms with Crippen LogP contribution in [-0.2, 0) is 16.1 Å². The fourth-order valence-electron chi connectivity index (χ4n) is 5.31. The Morgan fingerprint density at radius 2 is 1.91 bits per heavy atom. The highest BCUT2D eigenvalue weighted by atomic mass is 35.5. The van der Waals surface area contributed by atoms with Gasteiger partial charge in [0.1, 0.15) is 11.4 Å². The van der Waals surface area contributed by atoms with Crippen molar-refractivity contribution in [2.75, 3.05) is 20.7 Å². The summed E-state index contributed by atoms with van der Waals surface area (Å²) in [6.45, 7) is -0.151. The van der Waals surface area contributed by atoms with Crippen LogP contribution >= 0.6 is 23.2 Å². The van der Waals surface area contributed by atoms with Crippen LogP contribution in [0.15, 0.2) is 30.3 Å². The zero-order valence-corrected chi connectivity index (χ0v) is 18.4. The number of aliphatic hydroxyl groups is 2. The smallest absolute Gasteiger partial charge is 0.279 e. The van der Waals surface area contributed by atoms with E-state index in [-0.39, 0.29) is 17.3 Å². The third-order valence-electron chi connectivity index (χ3n) is 6.62. The minimum absolute atomic E-state index is 0.0284. The summed E-state index contributed by atoms with van der Waals surface area (Å²) in [7, 11) is 2.97. The van der Waals surface area contributed by atoms with Crippen molar-refractivity contribution in [3.8, 4) is 22.9 Å². The lowest BCUT2D eigenvalue weighted by Crippen LogP contribution is -2.57. The lowest BCUT2D eigenvalue weighted by Gasteiger charge is -2.41. The molecular formula is C22H17Cl2N3O5. The first-order valence-electron chi connectivity index (χ1n) is 9.77. The minimum atomic E-state index is -2.39. The highest BCUT2D eigenvalue weighted by molar-refractivity contribution is 6.33. The maximum absolute atomic E-state index is 13.4.